The molecule has 1 rings (SSSR count). The van der Waals surface area contributed by atoms with Crippen LogP contribution in [0.15, 0.2) is 23.4 Å². The number of oxime groups is 1. The Morgan fingerprint density at radius 3 is 1.86 bits per heavy atom. The van der Waals surface area contributed by atoms with E-state index in [4.69, 9.17) is 5.11 Å². The highest BCUT2D eigenvalue weighted by Crippen LogP contribution is 2.26. The van der Waals surface area contributed by atoms with E-state index in [-0.39, 0.29) is 11.5 Å². The third-order valence-electron chi connectivity index (χ3n) is 5.56. The molecule has 0 radical (unpaired) electrons. The molecule has 0 fully saturated rings. The topological polar surface area (TPSA) is 93.3 Å². The fourth-order valence-corrected chi connectivity index (χ4v) is 3.76. The summed E-state index contributed by atoms with van der Waals surface area (Å²) in [4.78, 5) is 0. The van der Waals surface area contributed by atoms with Crippen LogP contribution in [-0.2, 0) is 0 Å². The standard InChI is InChI=1S/C24H41NO4/c1-20(18-23(25-29)22-19-21(27)15-16-24(22)28)14-12-10-8-6-4-2-3-5-7-9-11-13-17-26/h15-16,19-20,26-29H,2-14,17-18H2,1H3. The van der Waals surface area contributed by atoms with Crippen molar-refractivity contribution in [2.75, 3.05) is 6.61 Å². The molecule has 166 valence electrons. The molecule has 29 heavy (non-hydrogen) atoms. The summed E-state index contributed by atoms with van der Waals surface area (Å²) in [5.74, 6) is 0.426. The first-order valence-electron chi connectivity index (χ1n) is 11.4. The van der Waals surface area contributed by atoms with Gasteiger partial charge in [0, 0.05) is 12.2 Å². The lowest BCUT2D eigenvalue weighted by molar-refractivity contribution is 0.282. The minimum Gasteiger partial charge on any atom is -0.508 e. The predicted molar refractivity (Wildman–Crippen MR) is 119 cm³/mol. The number of phenolic OH excluding ortho intramolecular Hbond substituents is 2. The molecular weight excluding hydrogens is 366 g/mol. The first kappa shape index (κ1) is 25.3. The number of aliphatic hydroxyl groups is 1. The maximum Gasteiger partial charge on any atom is 0.125 e. The normalized spacial score (nSPS) is 13.0. The number of phenols is 2. The molecule has 1 aromatic rings. The Balaban J connectivity index is 2.06. The molecule has 0 amide bonds. The van der Waals surface area contributed by atoms with E-state index in [2.05, 4.69) is 12.1 Å². The van der Waals surface area contributed by atoms with Crippen molar-refractivity contribution in [2.45, 2.75) is 96.8 Å². The Morgan fingerprint density at radius 2 is 1.34 bits per heavy atom. The van der Waals surface area contributed by atoms with E-state index < -0.39 is 0 Å². The molecule has 4 N–H and O–H groups in total. The van der Waals surface area contributed by atoms with Gasteiger partial charge in [0.2, 0.25) is 0 Å². The molecule has 0 aliphatic carbocycles. The van der Waals surface area contributed by atoms with Crippen LogP contribution in [0.5, 0.6) is 11.5 Å². The van der Waals surface area contributed by atoms with Crippen LogP contribution in [0.2, 0.25) is 0 Å². The summed E-state index contributed by atoms with van der Waals surface area (Å²) >= 11 is 0. The van der Waals surface area contributed by atoms with Crippen molar-refractivity contribution in [3.05, 3.63) is 23.8 Å². The van der Waals surface area contributed by atoms with E-state index in [9.17, 15) is 15.4 Å². The molecule has 5 nitrogen and oxygen atoms in total. The maximum absolute atomic E-state index is 9.94. The molecule has 0 spiro atoms. The van der Waals surface area contributed by atoms with Crippen LogP contribution < -0.4 is 0 Å². The molecule has 1 aromatic carbocycles. The molecule has 0 heterocycles. The molecule has 1 atom stereocenters. The molecule has 0 aliphatic rings. The molecule has 0 saturated carbocycles. The maximum atomic E-state index is 9.94. The van der Waals surface area contributed by atoms with E-state index in [1.807, 2.05) is 0 Å². The average Bonchev–Trinajstić information content (AvgIpc) is 2.71. The van der Waals surface area contributed by atoms with E-state index in [1.165, 1.54) is 76.0 Å². The number of hydrogen-bond donors (Lipinski definition) is 4. The molecule has 0 bridgehead atoms. The molecule has 0 aliphatic heterocycles. The molecule has 5 heteroatoms. The van der Waals surface area contributed by atoms with Gasteiger partial charge >= 0.3 is 0 Å². The fraction of sp³-hybridized carbons (Fsp3) is 0.708. The molecule has 1 unspecified atom stereocenters. The SMILES string of the molecule is CC(CCCCCCCCCCCCCCO)CC(=NO)c1cc(O)ccc1O. The first-order chi connectivity index (χ1) is 14.1. The van der Waals surface area contributed by atoms with Crippen molar-refractivity contribution in [2.24, 2.45) is 11.1 Å². The lowest BCUT2D eigenvalue weighted by Gasteiger charge is -2.13. The van der Waals surface area contributed by atoms with Crippen LogP contribution in [-0.4, -0.2) is 32.8 Å². The summed E-state index contributed by atoms with van der Waals surface area (Å²) < 4.78 is 0. The van der Waals surface area contributed by atoms with E-state index in [0.717, 1.165) is 25.7 Å². The minimum atomic E-state index is 0.0213. The quantitative estimate of drug-likeness (QED) is 0.0794. The van der Waals surface area contributed by atoms with Gasteiger partial charge in [-0.05, 0) is 37.0 Å². The summed E-state index contributed by atoms with van der Waals surface area (Å²) in [5, 5.41) is 40.9. The molecule has 0 saturated heterocycles. The van der Waals surface area contributed by atoms with Gasteiger partial charge in [0.1, 0.15) is 11.5 Å². The van der Waals surface area contributed by atoms with Gasteiger partial charge in [-0.25, -0.2) is 0 Å². The average molecular weight is 408 g/mol. The van der Waals surface area contributed by atoms with E-state index >= 15 is 0 Å². The smallest absolute Gasteiger partial charge is 0.125 e. The van der Waals surface area contributed by atoms with Crippen LogP contribution in [0.1, 0.15) is 102 Å². The van der Waals surface area contributed by atoms with Gasteiger partial charge in [-0.1, -0.05) is 89.1 Å². The van der Waals surface area contributed by atoms with Crippen LogP contribution in [0, 0.1) is 5.92 Å². The Bertz CT molecular complexity index is 574. The fourth-order valence-electron chi connectivity index (χ4n) is 3.76. The van der Waals surface area contributed by atoms with Crippen LogP contribution >= 0.6 is 0 Å². The lowest BCUT2D eigenvalue weighted by Crippen LogP contribution is -2.08. The highest BCUT2D eigenvalue weighted by Gasteiger charge is 2.14. The largest absolute Gasteiger partial charge is 0.508 e. The monoisotopic (exact) mass is 407 g/mol. The van der Waals surface area contributed by atoms with Crippen molar-refractivity contribution >= 4 is 5.71 Å². The molecular formula is C24H41NO4. The van der Waals surface area contributed by atoms with Gasteiger partial charge in [-0.3, -0.25) is 0 Å². The van der Waals surface area contributed by atoms with Gasteiger partial charge in [-0.2, -0.15) is 0 Å². The van der Waals surface area contributed by atoms with Gasteiger partial charge < -0.3 is 20.5 Å². The number of aromatic hydroxyl groups is 2. The Labute approximate surface area is 176 Å². The van der Waals surface area contributed by atoms with E-state index in [1.54, 1.807) is 0 Å². The van der Waals surface area contributed by atoms with Gasteiger partial charge in [-0.15, -0.1) is 0 Å². The van der Waals surface area contributed by atoms with Crippen molar-refractivity contribution in [1.82, 2.24) is 0 Å². The van der Waals surface area contributed by atoms with Crippen LogP contribution in [0.4, 0.5) is 0 Å². The second-order valence-electron chi connectivity index (χ2n) is 8.31. The van der Waals surface area contributed by atoms with Crippen molar-refractivity contribution in [3.63, 3.8) is 0 Å². The van der Waals surface area contributed by atoms with Gasteiger partial charge in [0.25, 0.3) is 0 Å². The summed E-state index contributed by atoms with van der Waals surface area (Å²) in [6, 6.07) is 4.26. The number of aliphatic hydroxyl groups excluding tert-OH is 1. The zero-order valence-electron chi connectivity index (χ0n) is 18.2. The summed E-state index contributed by atoms with van der Waals surface area (Å²) in [7, 11) is 0. The lowest BCUT2D eigenvalue weighted by atomic mass is 9.93. The van der Waals surface area contributed by atoms with Gasteiger partial charge in [0.15, 0.2) is 0 Å². The number of unbranched alkanes of at least 4 members (excludes halogenated alkanes) is 11. The highest BCUT2D eigenvalue weighted by atomic mass is 16.4. The number of nitrogens with zero attached hydrogens (tertiary/aromatic N) is 1. The predicted octanol–water partition coefficient (Wildman–Crippen LogP) is 6.37. The van der Waals surface area contributed by atoms with Crippen molar-refractivity contribution in [1.29, 1.82) is 0 Å². The van der Waals surface area contributed by atoms with Gasteiger partial charge in [0.05, 0.1) is 5.71 Å². The Morgan fingerprint density at radius 1 is 0.828 bits per heavy atom. The van der Waals surface area contributed by atoms with Crippen LogP contribution in [0.25, 0.3) is 0 Å². The first-order valence-corrected chi connectivity index (χ1v) is 11.4. The number of benzene rings is 1. The van der Waals surface area contributed by atoms with Crippen LogP contribution in [0.3, 0.4) is 0 Å². The highest BCUT2D eigenvalue weighted by molar-refractivity contribution is 6.02. The van der Waals surface area contributed by atoms with E-state index in [0.29, 0.717) is 30.2 Å². The zero-order valence-corrected chi connectivity index (χ0v) is 18.2. The second-order valence-corrected chi connectivity index (χ2v) is 8.31. The Hall–Kier alpha value is -1.75. The summed E-state index contributed by atoms with van der Waals surface area (Å²) in [6.07, 6.45) is 16.6. The van der Waals surface area contributed by atoms with Crippen molar-refractivity contribution in [3.8, 4) is 11.5 Å². The van der Waals surface area contributed by atoms with Crippen molar-refractivity contribution < 1.29 is 20.5 Å². The summed E-state index contributed by atoms with van der Waals surface area (Å²) in [5.41, 5.74) is 0.815. The zero-order chi connectivity index (χ0) is 21.3. The summed E-state index contributed by atoms with van der Waals surface area (Å²) in [6.45, 7) is 2.46. The third-order valence-corrected chi connectivity index (χ3v) is 5.56. The third kappa shape index (κ3) is 11.7. The number of rotatable bonds is 17. The Kier molecular flexibility index (Phi) is 14.0. The number of hydrogen-bond acceptors (Lipinski definition) is 5. The second kappa shape index (κ2) is 16.1. The molecule has 0 aromatic heterocycles. The minimum absolute atomic E-state index is 0.0213.